The summed E-state index contributed by atoms with van der Waals surface area (Å²) in [6.07, 6.45) is 6.57. The van der Waals surface area contributed by atoms with E-state index in [9.17, 15) is 4.79 Å². The minimum atomic E-state index is -0.241. The zero-order chi connectivity index (χ0) is 13.9. The van der Waals surface area contributed by atoms with Crippen molar-refractivity contribution in [3.63, 3.8) is 0 Å². The Bertz CT molecular complexity index is 492. The molecule has 2 aliphatic rings. The standard InChI is InChI=1S/C17H23NO2/c1-12(18-17(19)16-7-4-10-20-16)14-9-8-13-5-2-3-6-15(13)11-14/h8-9,11-12,16H,2-7,10H2,1H3,(H,18,19). The number of hydrogen-bond acceptors (Lipinski definition) is 2. The van der Waals surface area contributed by atoms with E-state index in [1.165, 1.54) is 42.4 Å². The molecule has 1 saturated heterocycles. The van der Waals surface area contributed by atoms with Crippen molar-refractivity contribution in [1.82, 2.24) is 5.32 Å². The van der Waals surface area contributed by atoms with Gasteiger partial charge in [-0.15, -0.1) is 0 Å². The van der Waals surface area contributed by atoms with Crippen molar-refractivity contribution >= 4 is 5.91 Å². The minimum absolute atomic E-state index is 0.0349. The van der Waals surface area contributed by atoms with Crippen LogP contribution in [0.15, 0.2) is 18.2 Å². The van der Waals surface area contributed by atoms with E-state index in [0.29, 0.717) is 6.61 Å². The highest BCUT2D eigenvalue weighted by molar-refractivity contribution is 5.81. The Morgan fingerprint density at radius 3 is 2.80 bits per heavy atom. The van der Waals surface area contributed by atoms with Gasteiger partial charge in [-0.25, -0.2) is 0 Å². The summed E-state index contributed by atoms with van der Waals surface area (Å²) in [6, 6.07) is 6.72. The molecule has 108 valence electrons. The van der Waals surface area contributed by atoms with E-state index in [4.69, 9.17) is 4.74 Å². The Morgan fingerprint density at radius 1 is 1.25 bits per heavy atom. The Kier molecular flexibility index (Phi) is 4.06. The van der Waals surface area contributed by atoms with Crippen LogP contribution in [0, 0.1) is 0 Å². The molecule has 3 nitrogen and oxygen atoms in total. The largest absolute Gasteiger partial charge is 0.368 e. The number of carbonyl (C=O) groups is 1. The molecule has 0 spiro atoms. The van der Waals surface area contributed by atoms with Crippen LogP contribution in [0.2, 0.25) is 0 Å². The summed E-state index contributed by atoms with van der Waals surface area (Å²) in [5.41, 5.74) is 4.15. The highest BCUT2D eigenvalue weighted by Gasteiger charge is 2.25. The summed E-state index contributed by atoms with van der Waals surface area (Å²) in [5.74, 6) is 0.0349. The molecule has 0 aromatic heterocycles. The van der Waals surface area contributed by atoms with Crippen molar-refractivity contribution in [2.75, 3.05) is 6.61 Å². The molecule has 2 atom stereocenters. The third-order valence-corrected chi connectivity index (χ3v) is 4.45. The molecule has 3 heteroatoms. The summed E-state index contributed by atoms with van der Waals surface area (Å²) < 4.78 is 5.43. The molecule has 1 aliphatic heterocycles. The Labute approximate surface area is 120 Å². The maximum Gasteiger partial charge on any atom is 0.249 e. The predicted molar refractivity (Wildman–Crippen MR) is 78.6 cm³/mol. The first-order valence-corrected chi connectivity index (χ1v) is 7.78. The second kappa shape index (κ2) is 5.96. The second-order valence-electron chi connectivity index (χ2n) is 5.97. The molecule has 1 fully saturated rings. The van der Waals surface area contributed by atoms with Crippen LogP contribution in [-0.4, -0.2) is 18.6 Å². The van der Waals surface area contributed by atoms with Crippen LogP contribution in [-0.2, 0) is 22.4 Å². The first kappa shape index (κ1) is 13.6. The van der Waals surface area contributed by atoms with Gasteiger partial charge in [0.2, 0.25) is 5.91 Å². The van der Waals surface area contributed by atoms with Gasteiger partial charge in [0.15, 0.2) is 0 Å². The fourth-order valence-corrected chi connectivity index (χ4v) is 3.20. The van der Waals surface area contributed by atoms with Gasteiger partial charge >= 0.3 is 0 Å². The van der Waals surface area contributed by atoms with Crippen LogP contribution in [0.3, 0.4) is 0 Å². The molecule has 0 saturated carbocycles. The first-order valence-electron chi connectivity index (χ1n) is 7.78. The number of nitrogens with one attached hydrogen (secondary N) is 1. The normalized spacial score (nSPS) is 23.1. The van der Waals surface area contributed by atoms with Crippen molar-refractivity contribution < 1.29 is 9.53 Å². The van der Waals surface area contributed by atoms with Gasteiger partial charge in [0, 0.05) is 6.61 Å². The molecule has 1 aromatic carbocycles. The van der Waals surface area contributed by atoms with E-state index in [-0.39, 0.29) is 18.1 Å². The second-order valence-corrected chi connectivity index (χ2v) is 5.97. The molecule has 1 N–H and O–H groups in total. The molecule has 1 aliphatic carbocycles. The predicted octanol–water partition coefficient (Wildman–Crippen LogP) is 2.92. The van der Waals surface area contributed by atoms with Crippen LogP contribution in [0.4, 0.5) is 0 Å². The van der Waals surface area contributed by atoms with Crippen LogP contribution in [0.5, 0.6) is 0 Å². The fraction of sp³-hybridized carbons (Fsp3) is 0.588. The molecule has 2 unspecified atom stereocenters. The fourth-order valence-electron chi connectivity index (χ4n) is 3.20. The van der Waals surface area contributed by atoms with Gasteiger partial charge in [-0.2, -0.15) is 0 Å². The van der Waals surface area contributed by atoms with E-state index in [0.717, 1.165) is 12.8 Å². The monoisotopic (exact) mass is 273 g/mol. The Hall–Kier alpha value is -1.35. The van der Waals surface area contributed by atoms with Gasteiger partial charge < -0.3 is 10.1 Å². The highest BCUT2D eigenvalue weighted by atomic mass is 16.5. The van der Waals surface area contributed by atoms with Gasteiger partial charge in [-0.3, -0.25) is 4.79 Å². The van der Waals surface area contributed by atoms with Gasteiger partial charge in [-0.1, -0.05) is 18.2 Å². The first-order chi connectivity index (χ1) is 9.74. The molecule has 0 bridgehead atoms. The van der Waals surface area contributed by atoms with Crippen molar-refractivity contribution in [2.45, 2.75) is 57.6 Å². The van der Waals surface area contributed by atoms with E-state index < -0.39 is 0 Å². The van der Waals surface area contributed by atoms with Gasteiger partial charge in [0.25, 0.3) is 0 Å². The van der Waals surface area contributed by atoms with Crippen LogP contribution >= 0.6 is 0 Å². The Balaban J connectivity index is 1.67. The van der Waals surface area contributed by atoms with Crippen molar-refractivity contribution in [3.05, 3.63) is 34.9 Å². The van der Waals surface area contributed by atoms with E-state index in [1.807, 2.05) is 0 Å². The quantitative estimate of drug-likeness (QED) is 0.919. The minimum Gasteiger partial charge on any atom is -0.368 e. The third kappa shape index (κ3) is 2.88. The van der Waals surface area contributed by atoms with Gasteiger partial charge in [-0.05, 0) is 62.1 Å². The van der Waals surface area contributed by atoms with E-state index in [2.05, 4.69) is 30.4 Å². The van der Waals surface area contributed by atoms with E-state index in [1.54, 1.807) is 0 Å². The lowest BCUT2D eigenvalue weighted by molar-refractivity contribution is -0.130. The maximum atomic E-state index is 12.1. The number of carbonyl (C=O) groups excluding carboxylic acids is 1. The number of rotatable bonds is 3. The van der Waals surface area contributed by atoms with Crippen molar-refractivity contribution in [2.24, 2.45) is 0 Å². The summed E-state index contributed by atoms with van der Waals surface area (Å²) in [6.45, 7) is 2.77. The zero-order valence-corrected chi connectivity index (χ0v) is 12.2. The van der Waals surface area contributed by atoms with Gasteiger partial charge in [0.05, 0.1) is 6.04 Å². The van der Waals surface area contributed by atoms with Gasteiger partial charge in [0.1, 0.15) is 6.10 Å². The average Bonchev–Trinajstić information content (AvgIpc) is 3.01. The zero-order valence-electron chi connectivity index (χ0n) is 12.2. The SMILES string of the molecule is CC(NC(=O)C1CCCO1)c1ccc2c(c1)CCCC2. The number of fused-ring (bicyclic) bond motifs is 1. The lowest BCUT2D eigenvalue weighted by Crippen LogP contribution is -2.35. The average molecular weight is 273 g/mol. The van der Waals surface area contributed by atoms with Crippen LogP contribution in [0.25, 0.3) is 0 Å². The molecular weight excluding hydrogens is 250 g/mol. The number of amides is 1. The summed E-state index contributed by atoms with van der Waals surface area (Å²) in [4.78, 5) is 12.1. The number of aryl methyl sites for hydroxylation is 2. The van der Waals surface area contributed by atoms with Crippen molar-refractivity contribution in [1.29, 1.82) is 0 Å². The summed E-state index contributed by atoms with van der Waals surface area (Å²) in [5, 5.41) is 3.08. The topological polar surface area (TPSA) is 38.3 Å². The third-order valence-electron chi connectivity index (χ3n) is 4.45. The summed E-state index contributed by atoms with van der Waals surface area (Å²) in [7, 11) is 0. The summed E-state index contributed by atoms with van der Waals surface area (Å²) >= 11 is 0. The molecule has 20 heavy (non-hydrogen) atoms. The van der Waals surface area contributed by atoms with Crippen molar-refractivity contribution in [3.8, 4) is 0 Å². The maximum absolute atomic E-state index is 12.1. The molecule has 1 heterocycles. The van der Waals surface area contributed by atoms with Crippen LogP contribution in [0.1, 0.15) is 55.3 Å². The molecule has 1 aromatic rings. The number of hydrogen-bond donors (Lipinski definition) is 1. The lowest BCUT2D eigenvalue weighted by Gasteiger charge is -2.21. The van der Waals surface area contributed by atoms with Crippen LogP contribution < -0.4 is 5.32 Å². The molecule has 0 radical (unpaired) electrons. The smallest absolute Gasteiger partial charge is 0.249 e. The lowest BCUT2D eigenvalue weighted by atomic mass is 9.89. The highest BCUT2D eigenvalue weighted by Crippen LogP contribution is 2.25. The van der Waals surface area contributed by atoms with E-state index >= 15 is 0 Å². The molecule has 3 rings (SSSR count). The number of benzene rings is 1. The number of ether oxygens (including phenoxy) is 1. The molecular formula is C17H23NO2. The Morgan fingerprint density at radius 2 is 2.05 bits per heavy atom. The molecule has 1 amide bonds.